The second-order valence-corrected chi connectivity index (χ2v) is 6.22. The number of halogens is 2. The summed E-state index contributed by atoms with van der Waals surface area (Å²) in [5.41, 5.74) is -0.161. The third-order valence-corrected chi connectivity index (χ3v) is 3.74. The van der Waals surface area contributed by atoms with Crippen LogP contribution in [-0.4, -0.2) is 20.6 Å². The molecule has 1 aromatic rings. The van der Waals surface area contributed by atoms with Crippen molar-refractivity contribution < 1.29 is 13.9 Å². The van der Waals surface area contributed by atoms with E-state index >= 15 is 0 Å². The number of aromatic nitrogens is 2. The van der Waals surface area contributed by atoms with Crippen LogP contribution in [-0.2, 0) is 12.1 Å². The van der Waals surface area contributed by atoms with E-state index in [9.17, 15) is 13.9 Å². The highest BCUT2D eigenvalue weighted by atomic mass is 19.3. The molecule has 2 rings (SSSR count). The van der Waals surface area contributed by atoms with Gasteiger partial charge in [-0.15, -0.1) is 0 Å². The molecular weight excluding hydrogens is 250 g/mol. The number of imidazole rings is 1. The van der Waals surface area contributed by atoms with Gasteiger partial charge in [0.15, 0.2) is 0 Å². The molecule has 1 aliphatic rings. The molecule has 0 saturated heterocycles. The largest absolute Gasteiger partial charge is 0.383 e. The van der Waals surface area contributed by atoms with Crippen molar-refractivity contribution in [1.29, 1.82) is 0 Å². The topological polar surface area (TPSA) is 38.0 Å². The third-order valence-electron chi connectivity index (χ3n) is 3.74. The fourth-order valence-corrected chi connectivity index (χ4v) is 2.73. The van der Waals surface area contributed by atoms with E-state index in [-0.39, 0.29) is 18.8 Å². The first-order chi connectivity index (χ1) is 8.67. The number of alkyl halides is 2. The SMILES string of the molecule is Cc1cn(CC2CCC(F)(F)CC2)c(C(C)(C)O)n1. The Morgan fingerprint density at radius 3 is 2.53 bits per heavy atom. The van der Waals surface area contributed by atoms with Crippen LogP contribution in [0.4, 0.5) is 8.78 Å². The summed E-state index contributed by atoms with van der Waals surface area (Å²) in [4.78, 5) is 4.34. The van der Waals surface area contributed by atoms with E-state index < -0.39 is 11.5 Å². The molecule has 19 heavy (non-hydrogen) atoms. The molecule has 3 nitrogen and oxygen atoms in total. The Labute approximate surface area is 112 Å². The molecule has 0 aliphatic heterocycles. The Morgan fingerprint density at radius 1 is 1.42 bits per heavy atom. The molecule has 1 aromatic heterocycles. The lowest BCUT2D eigenvalue weighted by Crippen LogP contribution is -2.29. The van der Waals surface area contributed by atoms with Gasteiger partial charge < -0.3 is 9.67 Å². The fraction of sp³-hybridized carbons (Fsp3) is 0.786. The molecule has 0 spiro atoms. The number of hydrogen-bond acceptors (Lipinski definition) is 2. The van der Waals surface area contributed by atoms with Gasteiger partial charge in [-0.25, -0.2) is 13.8 Å². The fourth-order valence-electron chi connectivity index (χ4n) is 2.73. The molecule has 108 valence electrons. The molecule has 0 aromatic carbocycles. The van der Waals surface area contributed by atoms with Gasteiger partial charge >= 0.3 is 0 Å². The van der Waals surface area contributed by atoms with Crippen molar-refractivity contribution in [2.24, 2.45) is 5.92 Å². The van der Waals surface area contributed by atoms with E-state index in [1.54, 1.807) is 13.8 Å². The zero-order chi connectivity index (χ0) is 14.3. The van der Waals surface area contributed by atoms with Crippen LogP contribution in [0.1, 0.15) is 51.0 Å². The number of aryl methyl sites for hydroxylation is 1. The highest BCUT2D eigenvalue weighted by molar-refractivity contribution is 5.08. The lowest BCUT2D eigenvalue weighted by molar-refractivity contribution is -0.0478. The van der Waals surface area contributed by atoms with Crippen LogP contribution in [0.3, 0.4) is 0 Å². The number of aliphatic hydroxyl groups is 1. The zero-order valence-electron chi connectivity index (χ0n) is 11.8. The van der Waals surface area contributed by atoms with Gasteiger partial charge in [0.25, 0.3) is 0 Å². The Balaban J connectivity index is 2.08. The molecule has 0 bridgehead atoms. The molecule has 1 fully saturated rings. The van der Waals surface area contributed by atoms with E-state index in [1.807, 2.05) is 17.7 Å². The Bertz CT molecular complexity index is 439. The van der Waals surface area contributed by atoms with Gasteiger partial charge in [0.2, 0.25) is 5.92 Å². The van der Waals surface area contributed by atoms with Crippen molar-refractivity contribution in [2.75, 3.05) is 0 Å². The summed E-state index contributed by atoms with van der Waals surface area (Å²) in [6.07, 6.45) is 2.91. The van der Waals surface area contributed by atoms with Crippen LogP contribution in [0.15, 0.2) is 6.20 Å². The number of nitrogens with zero attached hydrogens (tertiary/aromatic N) is 2. The van der Waals surface area contributed by atoms with Gasteiger partial charge in [-0.1, -0.05) is 0 Å². The quantitative estimate of drug-likeness (QED) is 0.917. The van der Waals surface area contributed by atoms with Gasteiger partial charge in [-0.05, 0) is 39.5 Å². The van der Waals surface area contributed by atoms with Gasteiger partial charge in [0.05, 0.1) is 5.69 Å². The smallest absolute Gasteiger partial charge is 0.248 e. The van der Waals surface area contributed by atoms with Gasteiger partial charge in [0.1, 0.15) is 11.4 Å². The van der Waals surface area contributed by atoms with Crippen molar-refractivity contribution in [3.05, 3.63) is 17.7 Å². The minimum Gasteiger partial charge on any atom is -0.383 e. The minimum absolute atomic E-state index is 0.0246. The van der Waals surface area contributed by atoms with Crippen molar-refractivity contribution in [3.8, 4) is 0 Å². The van der Waals surface area contributed by atoms with Crippen LogP contribution >= 0.6 is 0 Å². The maximum atomic E-state index is 13.1. The predicted octanol–water partition coefficient (Wildman–Crippen LogP) is 3.24. The second-order valence-electron chi connectivity index (χ2n) is 6.22. The lowest BCUT2D eigenvalue weighted by Gasteiger charge is -2.29. The molecule has 0 unspecified atom stereocenters. The van der Waals surface area contributed by atoms with Crippen LogP contribution in [0.5, 0.6) is 0 Å². The van der Waals surface area contributed by atoms with Crippen LogP contribution in [0.25, 0.3) is 0 Å². The normalized spacial score (nSPS) is 20.7. The highest BCUT2D eigenvalue weighted by Gasteiger charge is 2.35. The summed E-state index contributed by atoms with van der Waals surface area (Å²) < 4.78 is 28.2. The summed E-state index contributed by atoms with van der Waals surface area (Å²) in [5.74, 6) is -1.63. The maximum absolute atomic E-state index is 13.1. The standard InChI is InChI=1S/C14H22F2N2O/c1-10-8-18(12(17-10)13(2,3)19)9-11-4-6-14(15,16)7-5-11/h8,11,19H,4-7,9H2,1-3H3. The van der Waals surface area contributed by atoms with Crippen LogP contribution in [0.2, 0.25) is 0 Å². The molecule has 1 saturated carbocycles. The Kier molecular flexibility index (Phi) is 3.69. The molecule has 1 N–H and O–H groups in total. The lowest BCUT2D eigenvalue weighted by atomic mass is 9.86. The third kappa shape index (κ3) is 3.53. The van der Waals surface area contributed by atoms with E-state index in [0.29, 0.717) is 25.2 Å². The molecule has 0 atom stereocenters. The molecule has 1 aliphatic carbocycles. The Morgan fingerprint density at radius 2 is 2.00 bits per heavy atom. The average molecular weight is 272 g/mol. The van der Waals surface area contributed by atoms with Crippen molar-refractivity contribution >= 4 is 0 Å². The van der Waals surface area contributed by atoms with E-state index in [4.69, 9.17) is 0 Å². The summed E-state index contributed by atoms with van der Waals surface area (Å²) >= 11 is 0. The molecule has 0 amide bonds. The van der Waals surface area contributed by atoms with Crippen molar-refractivity contribution in [2.45, 2.75) is 64.5 Å². The Hall–Kier alpha value is -0.970. The highest BCUT2D eigenvalue weighted by Crippen LogP contribution is 2.37. The minimum atomic E-state index is -2.49. The van der Waals surface area contributed by atoms with E-state index in [2.05, 4.69) is 4.98 Å². The average Bonchev–Trinajstić information content (AvgIpc) is 2.62. The van der Waals surface area contributed by atoms with Crippen molar-refractivity contribution in [3.63, 3.8) is 0 Å². The monoisotopic (exact) mass is 272 g/mol. The van der Waals surface area contributed by atoms with E-state index in [1.165, 1.54) is 0 Å². The molecule has 1 heterocycles. The first kappa shape index (κ1) is 14.4. The summed E-state index contributed by atoms with van der Waals surface area (Å²) in [6, 6.07) is 0. The molecule has 0 radical (unpaired) electrons. The first-order valence-corrected chi connectivity index (χ1v) is 6.82. The van der Waals surface area contributed by atoms with Gasteiger partial charge in [-0.3, -0.25) is 0 Å². The number of rotatable bonds is 3. The molecular formula is C14H22F2N2O. The van der Waals surface area contributed by atoms with Gasteiger partial charge in [-0.2, -0.15) is 0 Å². The summed E-state index contributed by atoms with van der Waals surface area (Å²) in [6.45, 7) is 5.93. The van der Waals surface area contributed by atoms with Crippen molar-refractivity contribution in [1.82, 2.24) is 9.55 Å². The first-order valence-electron chi connectivity index (χ1n) is 6.82. The maximum Gasteiger partial charge on any atom is 0.248 e. The van der Waals surface area contributed by atoms with Crippen LogP contribution < -0.4 is 0 Å². The van der Waals surface area contributed by atoms with Crippen LogP contribution in [0, 0.1) is 12.8 Å². The molecule has 5 heteroatoms. The summed E-state index contributed by atoms with van der Waals surface area (Å²) in [5, 5.41) is 10.1. The number of hydrogen-bond donors (Lipinski definition) is 1. The van der Waals surface area contributed by atoms with E-state index in [0.717, 1.165) is 5.69 Å². The zero-order valence-corrected chi connectivity index (χ0v) is 11.8. The summed E-state index contributed by atoms with van der Waals surface area (Å²) in [7, 11) is 0. The van der Waals surface area contributed by atoms with Gasteiger partial charge in [0, 0.05) is 25.6 Å². The second kappa shape index (κ2) is 4.85. The predicted molar refractivity (Wildman–Crippen MR) is 69.1 cm³/mol.